The second kappa shape index (κ2) is 5.83. The minimum absolute atomic E-state index is 0.347. The van der Waals surface area contributed by atoms with Crippen LogP contribution in [-0.4, -0.2) is 23.3 Å². The van der Waals surface area contributed by atoms with E-state index in [1.165, 1.54) is 0 Å². The first-order valence-electron chi connectivity index (χ1n) is 5.35. The van der Waals surface area contributed by atoms with Crippen LogP contribution in [0.25, 0.3) is 0 Å². The van der Waals surface area contributed by atoms with Crippen LogP contribution in [-0.2, 0) is 4.74 Å². The van der Waals surface area contributed by atoms with Crippen LogP contribution in [0.3, 0.4) is 0 Å². The first kappa shape index (κ1) is 12.1. The number of aliphatic hydroxyl groups is 1. The Labute approximate surface area is 91.1 Å². The molecule has 1 rings (SSSR count). The monoisotopic (exact) mass is 209 g/mol. The number of aliphatic hydroxyl groups excluding tert-OH is 1. The van der Waals surface area contributed by atoms with Gasteiger partial charge in [-0.15, -0.1) is 0 Å². The zero-order valence-corrected chi connectivity index (χ0v) is 9.66. The second-order valence-electron chi connectivity index (χ2n) is 3.72. The number of nitrogens with zero attached hydrogens (tertiary/aromatic N) is 1. The molecule has 0 fully saturated rings. The zero-order chi connectivity index (χ0) is 11.3. The maximum absolute atomic E-state index is 9.85. The van der Waals surface area contributed by atoms with E-state index in [0.29, 0.717) is 13.2 Å². The molecule has 1 N–H and O–H groups in total. The summed E-state index contributed by atoms with van der Waals surface area (Å²) >= 11 is 0. The standard InChI is InChI=1S/C12H19NO2/c1-4-7-15-8-12(14)11-6-5-9(2)13-10(11)3/h5-6,12,14H,4,7-8H2,1-3H3. The lowest BCUT2D eigenvalue weighted by Crippen LogP contribution is -2.10. The highest BCUT2D eigenvalue weighted by atomic mass is 16.5. The fourth-order valence-electron chi connectivity index (χ4n) is 1.48. The summed E-state index contributed by atoms with van der Waals surface area (Å²) in [6.07, 6.45) is 0.405. The molecule has 84 valence electrons. The highest BCUT2D eigenvalue weighted by Crippen LogP contribution is 2.16. The van der Waals surface area contributed by atoms with E-state index in [2.05, 4.69) is 4.98 Å². The molecule has 0 amide bonds. The van der Waals surface area contributed by atoms with E-state index in [1.54, 1.807) is 0 Å². The third kappa shape index (κ3) is 3.61. The number of aromatic nitrogens is 1. The van der Waals surface area contributed by atoms with Crippen molar-refractivity contribution >= 4 is 0 Å². The Morgan fingerprint density at radius 3 is 2.73 bits per heavy atom. The van der Waals surface area contributed by atoms with Crippen LogP contribution >= 0.6 is 0 Å². The molecule has 1 unspecified atom stereocenters. The molecule has 1 aromatic heterocycles. The fourth-order valence-corrected chi connectivity index (χ4v) is 1.48. The zero-order valence-electron chi connectivity index (χ0n) is 9.66. The van der Waals surface area contributed by atoms with Crippen LogP contribution < -0.4 is 0 Å². The number of pyridine rings is 1. The molecule has 1 atom stereocenters. The lowest BCUT2D eigenvalue weighted by atomic mass is 10.1. The summed E-state index contributed by atoms with van der Waals surface area (Å²) in [5, 5.41) is 9.85. The largest absolute Gasteiger partial charge is 0.386 e. The van der Waals surface area contributed by atoms with Gasteiger partial charge in [0.15, 0.2) is 0 Å². The van der Waals surface area contributed by atoms with Crippen molar-refractivity contribution < 1.29 is 9.84 Å². The van der Waals surface area contributed by atoms with Gasteiger partial charge < -0.3 is 9.84 Å². The van der Waals surface area contributed by atoms with E-state index in [-0.39, 0.29) is 0 Å². The van der Waals surface area contributed by atoms with E-state index in [9.17, 15) is 5.11 Å². The van der Waals surface area contributed by atoms with Gasteiger partial charge in [-0.1, -0.05) is 13.0 Å². The van der Waals surface area contributed by atoms with Crippen molar-refractivity contribution in [1.29, 1.82) is 0 Å². The molecule has 3 heteroatoms. The Morgan fingerprint density at radius 2 is 2.13 bits per heavy atom. The molecular weight excluding hydrogens is 190 g/mol. The highest BCUT2D eigenvalue weighted by molar-refractivity contribution is 5.23. The summed E-state index contributed by atoms with van der Waals surface area (Å²) in [5.41, 5.74) is 2.71. The quantitative estimate of drug-likeness (QED) is 0.756. The molecule has 0 saturated carbocycles. The number of hydrogen-bond acceptors (Lipinski definition) is 3. The van der Waals surface area contributed by atoms with Gasteiger partial charge in [-0.2, -0.15) is 0 Å². The van der Waals surface area contributed by atoms with Gasteiger partial charge in [-0.05, 0) is 26.3 Å². The van der Waals surface area contributed by atoms with Crippen LogP contribution in [0.4, 0.5) is 0 Å². The smallest absolute Gasteiger partial charge is 0.104 e. The molecule has 0 bridgehead atoms. The van der Waals surface area contributed by atoms with Gasteiger partial charge in [0.25, 0.3) is 0 Å². The lowest BCUT2D eigenvalue weighted by Gasteiger charge is -2.13. The van der Waals surface area contributed by atoms with Gasteiger partial charge in [-0.25, -0.2) is 0 Å². The second-order valence-corrected chi connectivity index (χ2v) is 3.72. The third-order valence-electron chi connectivity index (χ3n) is 2.25. The SMILES string of the molecule is CCCOCC(O)c1ccc(C)nc1C. The normalized spacial score (nSPS) is 12.8. The van der Waals surface area contributed by atoms with E-state index in [0.717, 1.165) is 23.4 Å². The van der Waals surface area contributed by atoms with Crippen LogP contribution in [0.15, 0.2) is 12.1 Å². The fraction of sp³-hybridized carbons (Fsp3) is 0.583. The van der Waals surface area contributed by atoms with Crippen molar-refractivity contribution in [3.8, 4) is 0 Å². The number of hydrogen-bond donors (Lipinski definition) is 1. The summed E-state index contributed by atoms with van der Waals surface area (Å²) in [6.45, 7) is 6.93. The molecule has 0 saturated heterocycles. The van der Waals surface area contributed by atoms with Crippen molar-refractivity contribution in [2.24, 2.45) is 0 Å². The predicted octanol–water partition coefficient (Wildman–Crippen LogP) is 2.16. The Kier molecular flexibility index (Phi) is 4.72. The van der Waals surface area contributed by atoms with Crippen LogP contribution in [0, 0.1) is 13.8 Å². The number of ether oxygens (including phenoxy) is 1. The average molecular weight is 209 g/mol. The molecule has 0 aromatic carbocycles. The first-order valence-corrected chi connectivity index (χ1v) is 5.35. The molecule has 3 nitrogen and oxygen atoms in total. The Morgan fingerprint density at radius 1 is 1.40 bits per heavy atom. The average Bonchev–Trinajstić information content (AvgIpc) is 2.17. The minimum Gasteiger partial charge on any atom is -0.386 e. The van der Waals surface area contributed by atoms with Crippen LogP contribution in [0.5, 0.6) is 0 Å². The van der Waals surface area contributed by atoms with Crippen molar-refractivity contribution in [3.05, 3.63) is 29.1 Å². The van der Waals surface area contributed by atoms with E-state index >= 15 is 0 Å². The molecule has 0 aliphatic heterocycles. The molecule has 15 heavy (non-hydrogen) atoms. The maximum Gasteiger partial charge on any atom is 0.104 e. The van der Waals surface area contributed by atoms with E-state index in [1.807, 2.05) is 32.9 Å². The van der Waals surface area contributed by atoms with Crippen molar-refractivity contribution in [1.82, 2.24) is 4.98 Å². The topological polar surface area (TPSA) is 42.4 Å². The summed E-state index contributed by atoms with van der Waals surface area (Å²) < 4.78 is 5.31. The van der Waals surface area contributed by atoms with Gasteiger partial charge >= 0.3 is 0 Å². The third-order valence-corrected chi connectivity index (χ3v) is 2.25. The lowest BCUT2D eigenvalue weighted by molar-refractivity contribution is 0.0359. The molecule has 0 aliphatic carbocycles. The number of rotatable bonds is 5. The molecule has 1 heterocycles. The van der Waals surface area contributed by atoms with Gasteiger partial charge in [0, 0.05) is 23.6 Å². The van der Waals surface area contributed by atoms with Crippen LogP contribution in [0.1, 0.15) is 36.4 Å². The Bertz CT molecular complexity index is 312. The van der Waals surface area contributed by atoms with Crippen molar-refractivity contribution in [3.63, 3.8) is 0 Å². The minimum atomic E-state index is -0.565. The summed E-state index contributed by atoms with van der Waals surface area (Å²) in [5.74, 6) is 0. The van der Waals surface area contributed by atoms with Gasteiger partial charge in [0.05, 0.1) is 6.61 Å². The maximum atomic E-state index is 9.85. The summed E-state index contributed by atoms with van der Waals surface area (Å²) in [6, 6.07) is 3.82. The van der Waals surface area contributed by atoms with Crippen molar-refractivity contribution in [2.45, 2.75) is 33.3 Å². The predicted molar refractivity (Wildman–Crippen MR) is 59.8 cm³/mol. The molecule has 1 aromatic rings. The Balaban J connectivity index is 2.61. The van der Waals surface area contributed by atoms with E-state index in [4.69, 9.17) is 4.74 Å². The van der Waals surface area contributed by atoms with Gasteiger partial charge in [0.2, 0.25) is 0 Å². The number of aryl methyl sites for hydroxylation is 2. The Hall–Kier alpha value is -0.930. The molecule has 0 aliphatic rings. The van der Waals surface area contributed by atoms with E-state index < -0.39 is 6.10 Å². The van der Waals surface area contributed by atoms with Gasteiger partial charge in [-0.3, -0.25) is 4.98 Å². The first-order chi connectivity index (χ1) is 7.15. The molecule has 0 spiro atoms. The molecule has 0 radical (unpaired) electrons. The summed E-state index contributed by atoms with van der Waals surface area (Å²) in [4.78, 5) is 4.31. The van der Waals surface area contributed by atoms with Crippen molar-refractivity contribution in [2.75, 3.05) is 13.2 Å². The van der Waals surface area contributed by atoms with Crippen LogP contribution in [0.2, 0.25) is 0 Å². The molecular formula is C12H19NO2. The highest BCUT2D eigenvalue weighted by Gasteiger charge is 2.11. The summed E-state index contributed by atoms with van der Waals surface area (Å²) in [7, 11) is 0. The van der Waals surface area contributed by atoms with Gasteiger partial charge in [0.1, 0.15) is 6.10 Å².